The van der Waals surface area contributed by atoms with E-state index in [1.165, 1.54) is 6.21 Å². The van der Waals surface area contributed by atoms with Crippen LogP contribution in [0.15, 0.2) is 22.3 Å². The Labute approximate surface area is 103 Å². The molecule has 0 bridgehead atoms. The van der Waals surface area contributed by atoms with E-state index in [0.29, 0.717) is 16.7 Å². The molecule has 0 radical (unpaired) electrons. The van der Waals surface area contributed by atoms with Gasteiger partial charge in [0.2, 0.25) is 5.96 Å². The molecule has 0 saturated heterocycles. The summed E-state index contributed by atoms with van der Waals surface area (Å²) in [5.41, 5.74) is 12.1. The minimum atomic E-state index is -2.84. The van der Waals surface area contributed by atoms with Crippen molar-refractivity contribution in [3.05, 3.63) is 28.8 Å². The van der Waals surface area contributed by atoms with Crippen molar-refractivity contribution in [3.8, 4) is 5.75 Å². The number of alkyl halides is 2. The van der Waals surface area contributed by atoms with E-state index >= 15 is 0 Å². The maximum absolute atomic E-state index is 12.2. The van der Waals surface area contributed by atoms with Crippen LogP contribution in [0, 0.1) is 13.8 Å². The number of nitrogens with zero attached hydrogens (tertiary/aromatic N) is 2. The molecule has 0 fully saturated rings. The Hall–Kier alpha value is -2.18. The van der Waals surface area contributed by atoms with Crippen molar-refractivity contribution >= 4 is 12.2 Å². The lowest BCUT2D eigenvalue weighted by Crippen LogP contribution is -2.21. The summed E-state index contributed by atoms with van der Waals surface area (Å²) in [5.74, 6) is 0.0151. The third-order valence-corrected chi connectivity index (χ3v) is 2.07. The molecule has 1 aromatic carbocycles. The summed E-state index contributed by atoms with van der Waals surface area (Å²) in [6, 6.07) is 3.30. The molecule has 98 valence electrons. The van der Waals surface area contributed by atoms with Gasteiger partial charge in [0.05, 0.1) is 6.21 Å². The number of rotatable bonds is 4. The van der Waals surface area contributed by atoms with E-state index in [1.54, 1.807) is 26.0 Å². The Morgan fingerprint density at radius 3 is 2.28 bits per heavy atom. The Bertz CT molecular complexity index is 459. The van der Waals surface area contributed by atoms with Crippen LogP contribution in [0.4, 0.5) is 8.78 Å². The van der Waals surface area contributed by atoms with Gasteiger partial charge in [-0.15, -0.1) is 5.10 Å². The van der Waals surface area contributed by atoms with Crippen LogP contribution in [0.3, 0.4) is 0 Å². The van der Waals surface area contributed by atoms with Crippen LogP contribution in [0.1, 0.15) is 16.7 Å². The number of ether oxygens (including phenoxy) is 1. The standard InChI is InChI=1S/C11H14F2N4O/c1-6-3-8(5-16-17-11(14)15)4-7(2)9(6)18-10(12)13/h3-5,10H,1-2H3,(H4,14,15,17)/b16-5+. The molecule has 0 saturated carbocycles. The van der Waals surface area contributed by atoms with E-state index in [0.717, 1.165) is 0 Å². The van der Waals surface area contributed by atoms with E-state index in [4.69, 9.17) is 11.5 Å². The number of guanidine groups is 1. The van der Waals surface area contributed by atoms with Crippen LogP contribution >= 0.6 is 0 Å². The molecule has 1 rings (SSSR count). The molecule has 18 heavy (non-hydrogen) atoms. The molecule has 7 heteroatoms. The van der Waals surface area contributed by atoms with Gasteiger partial charge in [0.15, 0.2) is 0 Å². The van der Waals surface area contributed by atoms with E-state index in [9.17, 15) is 8.78 Å². The summed E-state index contributed by atoms with van der Waals surface area (Å²) in [5, 5.41) is 7.08. The van der Waals surface area contributed by atoms with Gasteiger partial charge in [-0.05, 0) is 42.7 Å². The molecule has 5 nitrogen and oxygen atoms in total. The number of benzene rings is 1. The molecule has 0 aliphatic rings. The van der Waals surface area contributed by atoms with Crippen LogP contribution < -0.4 is 16.2 Å². The third-order valence-electron chi connectivity index (χ3n) is 2.07. The average molecular weight is 256 g/mol. The van der Waals surface area contributed by atoms with Crippen molar-refractivity contribution in [1.82, 2.24) is 0 Å². The number of hydrogen-bond donors (Lipinski definition) is 2. The number of halogens is 2. The highest BCUT2D eigenvalue weighted by Gasteiger charge is 2.10. The van der Waals surface area contributed by atoms with E-state index in [1.807, 2.05) is 0 Å². The summed E-state index contributed by atoms with van der Waals surface area (Å²) >= 11 is 0. The topological polar surface area (TPSA) is 86.0 Å². The first-order valence-corrected chi connectivity index (χ1v) is 5.08. The second kappa shape index (κ2) is 5.95. The summed E-state index contributed by atoms with van der Waals surface area (Å²) in [4.78, 5) is 0. The Morgan fingerprint density at radius 2 is 1.83 bits per heavy atom. The summed E-state index contributed by atoms with van der Waals surface area (Å²) in [6.07, 6.45) is 1.42. The van der Waals surface area contributed by atoms with E-state index < -0.39 is 6.61 Å². The van der Waals surface area contributed by atoms with Gasteiger partial charge in [0, 0.05) is 0 Å². The second-order valence-electron chi connectivity index (χ2n) is 3.63. The van der Waals surface area contributed by atoms with Crippen LogP contribution in [0.25, 0.3) is 0 Å². The molecule has 0 aliphatic heterocycles. The normalized spacial score (nSPS) is 10.9. The zero-order chi connectivity index (χ0) is 13.7. The predicted molar refractivity (Wildman–Crippen MR) is 66.0 cm³/mol. The summed E-state index contributed by atoms with van der Waals surface area (Å²) < 4.78 is 28.8. The Morgan fingerprint density at radius 1 is 1.28 bits per heavy atom. The van der Waals surface area contributed by atoms with Crippen molar-refractivity contribution in [2.24, 2.45) is 21.7 Å². The van der Waals surface area contributed by atoms with Crippen LogP contribution in [-0.4, -0.2) is 18.8 Å². The average Bonchev–Trinajstić information content (AvgIpc) is 2.22. The largest absolute Gasteiger partial charge is 0.434 e. The lowest BCUT2D eigenvalue weighted by molar-refractivity contribution is -0.0507. The fraction of sp³-hybridized carbons (Fsp3) is 0.273. The van der Waals surface area contributed by atoms with E-state index in [2.05, 4.69) is 14.9 Å². The number of hydrogen-bond acceptors (Lipinski definition) is 3. The minimum Gasteiger partial charge on any atom is -0.434 e. The zero-order valence-corrected chi connectivity index (χ0v) is 10.0. The number of aryl methyl sites for hydroxylation is 2. The van der Waals surface area contributed by atoms with Crippen molar-refractivity contribution in [2.45, 2.75) is 20.5 Å². The van der Waals surface area contributed by atoms with Crippen LogP contribution in [-0.2, 0) is 0 Å². The fourth-order valence-corrected chi connectivity index (χ4v) is 1.50. The molecular weight excluding hydrogens is 242 g/mol. The van der Waals surface area contributed by atoms with Crippen LogP contribution in [0.2, 0.25) is 0 Å². The van der Waals surface area contributed by atoms with Crippen molar-refractivity contribution in [2.75, 3.05) is 0 Å². The van der Waals surface area contributed by atoms with Gasteiger partial charge in [0.1, 0.15) is 5.75 Å². The lowest BCUT2D eigenvalue weighted by Gasteiger charge is -2.11. The molecule has 0 spiro atoms. The first kappa shape index (κ1) is 13.9. The monoisotopic (exact) mass is 256 g/mol. The molecule has 0 amide bonds. The van der Waals surface area contributed by atoms with Gasteiger partial charge in [-0.2, -0.15) is 13.9 Å². The fourth-order valence-electron chi connectivity index (χ4n) is 1.50. The smallest absolute Gasteiger partial charge is 0.387 e. The highest BCUT2D eigenvalue weighted by molar-refractivity contribution is 5.82. The minimum absolute atomic E-state index is 0.155. The SMILES string of the molecule is Cc1cc(/C=N/N=C(N)N)cc(C)c1OC(F)F. The lowest BCUT2D eigenvalue weighted by atomic mass is 10.1. The van der Waals surface area contributed by atoms with Gasteiger partial charge in [-0.3, -0.25) is 0 Å². The summed E-state index contributed by atoms with van der Waals surface area (Å²) in [7, 11) is 0. The first-order chi connectivity index (χ1) is 8.40. The molecule has 0 atom stereocenters. The maximum atomic E-state index is 12.2. The Kier molecular flexibility index (Phi) is 4.59. The summed E-state index contributed by atoms with van der Waals surface area (Å²) in [6.45, 7) is 0.495. The second-order valence-corrected chi connectivity index (χ2v) is 3.63. The highest BCUT2D eigenvalue weighted by Crippen LogP contribution is 2.25. The Balaban J connectivity index is 2.99. The highest BCUT2D eigenvalue weighted by atomic mass is 19.3. The van der Waals surface area contributed by atoms with Gasteiger partial charge in [-0.1, -0.05) is 0 Å². The molecule has 0 unspecified atom stereocenters. The first-order valence-electron chi connectivity index (χ1n) is 5.08. The molecular formula is C11H14F2N4O. The van der Waals surface area contributed by atoms with E-state index in [-0.39, 0.29) is 11.7 Å². The molecule has 4 N–H and O–H groups in total. The van der Waals surface area contributed by atoms with Gasteiger partial charge >= 0.3 is 6.61 Å². The number of nitrogens with two attached hydrogens (primary N) is 2. The van der Waals surface area contributed by atoms with Gasteiger partial charge in [-0.25, -0.2) is 0 Å². The predicted octanol–water partition coefficient (Wildman–Crippen LogP) is 1.51. The quantitative estimate of drug-likeness (QED) is 0.486. The van der Waals surface area contributed by atoms with Gasteiger partial charge in [0.25, 0.3) is 0 Å². The molecule has 0 aromatic heterocycles. The van der Waals surface area contributed by atoms with Crippen molar-refractivity contribution in [1.29, 1.82) is 0 Å². The molecule has 0 aliphatic carbocycles. The zero-order valence-electron chi connectivity index (χ0n) is 10.0. The third kappa shape index (κ3) is 4.00. The molecule has 1 aromatic rings. The van der Waals surface area contributed by atoms with Crippen LogP contribution in [0.5, 0.6) is 5.75 Å². The maximum Gasteiger partial charge on any atom is 0.387 e. The van der Waals surface area contributed by atoms with Crippen molar-refractivity contribution in [3.63, 3.8) is 0 Å². The van der Waals surface area contributed by atoms with Crippen molar-refractivity contribution < 1.29 is 13.5 Å². The molecule has 0 heterocycles. The van der Waals surface area contributed by atoms with Gasteiger partial charge < -0.3 is 16.2 Å².